The number of phosphoric ester groups is 1. The molecule has 0 radical (unpaired) electrons. The quantitative estimate of drug-likeness (QED) is 0.219. The van der Waals surface area contributed by atoms with Crippen LogP contribution in [-0.4, -0.2) is 21.5 Å². The predicted molar refractivity (Wildman–Crippen MR) is 98.8 cm³/mol. The van der Waals surface area contributed by atoms with Crippen molar-refractivity contribution >= 4 is 19.6 Å². The Kier molecular flexibility index (Phi) is 7.30. The number of unbranched alkanes of at least 4 members (excludes halogenated alkanes) is 2. The van der Waals surface area contributed by atoms with Gasteiger partial charge < -0.3 is 9.26 Å². The van der Waals surface area contributed by atoms with Crippen molar-refractivity contribution in [2.24, 2.45) is 0 Å². The van der Waals surface area contributed by atoms with Gasteiger partial charge in [0.15, 0.2) is 5.78 Å². The standard InChI is InChI=1S/C19H21O7P/c1-2-3-4-5-18(20)25-16-10-6-14(7-11-16)19(21)15-8-12-17(13-9-15)26-27(22,23)24/h6-13H,2-5H2,1H3,(H2,22,23,24). The summed E-state index contributed by atoms with van der Waals surface area (Å²) in [7, 11) is -4.64. The van der Waals surface area contributed by atoms with Crippen molar-refractivity contribution in [2.45, 2.75) is 32.6 Å². The van der Waals surface area contributed by atoms with Gasteiger partial charge in [-0.2, -0.15) is 0 Å². The van der Waals surface area contributed by atoms with E-state index < -0.39 is 7.82 Å². The molecule has 7 nitrogen and oxygen atoms in total. The summed E-state index contributed by atoms with van der Waals surface area (Å²) in [5, 5.41) is 0. The van der Waals surface area contributed by atoms with E-state index in [1.807, 2.05) is 0 Å². The van der Waals surface area contributed by atoms with Crippen molar-refractivity contribution in [3.05, 3.63) is 59.7 Å². The summed E-state index contributed by atoms with van der Waals surface area (Å²) in [5.74, 6) is -0.245. The number of carbonyl (C=O) groups excluding carboxylic acids is 2. The SMILES string of the molecule is CCCCCC(=O)Oc1ccc(C(=O)c2ccc(OP(=O)(O)O)cc2)cc1. The molecule has 0 amide bonds. The molecule has 0 bridgehead atoms. The van der Waals surface area contributed by atoms with Crippen molar-refractivity contribution in [1.29, 1.82) is 0 Å². The molecule has 0 saturated heterocycles. The number of ketones is 1. The van der Waals surface area contributed by atoms with Gasteiger partial charge >= 0.3 is 13.8 Å². The topological polar surface area (TPSA) is 110 Å². The van der Waals surface area contributed by atoms with Gasteiger partial charge in [-0.1, -0.05) is 19.8 Å². The van der Waals surface area contributed by atoms with E-state index in [1.165, 1.54) is 24.3 Å². The normalized spacial score (nSPS) is 11.1. The average molecular weight is 392 g/mol. The smallest absolute Gasteiger partial charge is 0.427 e. The van der Waals surface area contributed by atoms with Crippen LogP contribution in [-0.2, 0) is 9.36 Å². The van der Waals surface area contributed by atoms with Crippen molar-refractivity contribution in [2.75, 3.05) is 0 Å². The molecule has 0 saturated carbocycles. The predicted octanol–water partition coefficient (Wildman–Crippen LogP) is 3.87. The third-order valence-electron chi connectivity index (χ3n) is 3.67. The molecule has 2 aromatic rings. The molecule has 0 unspecified atom stereocenters. The van der Waals surface area contributed by atoms with E-state index in [1.54, 1.807) is 24.3 Å². The number of carbonyl (C=O) groups is 2. The third-order valence-corrected chi connectivity index (χ3v) is 4.12. The number of rotatable bonds is 9. The van der Waals surface area contributed by atoms with Crippen molar-refractivity contribution < 1.29 is 33.2 Å². The van der Waals surface area contributed by atoms with E-state index in [2.05, 4.69) is 11.4 Å². The molecule has 2 rings (SSSR count). The second kappa shape index (κ2) is 9.46. The molecular formula is C19H21O7P. The van der Waals surface area contributed by atoms with Crippen molar-refractivity contribution in [3.63, 3.8) is 0 Å². The molecule has 0 fully saturated rings. The lowest BCUT2D eigenvalue weighted by Gasteiger charge is -2.08. The number of hydrogen-bond donors (Lipinski definition) is 2. The minimum absolute atomic E-state index is 0.0368. The highest BCUT2D eigenvalue weighted by Gasteiger charge is 2.16. The average Bonchev–Trinajstić information content (AvgIpc) is 2.61. The van der Waals surface area contributed by atoms with Gasteiger partial charge in [0.2, 0.25) is 0 Å². The Morgan fingerprint density at radius 2 is 1.41 bits per heavy atom. The second-order valence-electron chi connectivity index (χ2n) is 5.89. The van der Waals surface area contributed by atoms with E-state index in [4.69, 9.17) is 14.5 Å². The number of benzene rings is 2. The highest BCUT2D eigenvalue weighted by Crippen LogP contribution is 2.37. The highest BCUT2D eigenvalue weighted by molar-refractivity contribution is 7.46. The molecule has 0 aliphatic rings. The minimum atomic E-state index is -4.64. The molecule has 2 aromatic carbocycles. The zero-order chi connectivity index (χ0) is 19.9. The van der Waals surface area contributed by atoms with Gasteiger partial charge in [0.05, 0.1) is 0 Å². The van der Waals surface area contributed by atoms with Crippen LogP contribution in [0.1, 0.15) is 48.5 Å². The van der Waals surface area contributed by atoms with Crippen molar-refractivity contribution in [1.82, 2.24) is 0 Å². The minimum Gasteiger partial charge on any atom is -0.427 e. The van der Waals surface area contributed by atoms with Crippen LogP contribution in [0.5, 0.6) is 11.5 Å². The molecule has 0 aliphatic heterocycles. The van der Waals surface area contributed by atoms with E-state index in [9.17, 15) is 14.2 Å². The van der Waals surface area contributed by atoms with Crippen molar-refractivity contribution in [3.8, 4) is 11.5 Å². The van der Waals surface area contributed by atoms with Crippen LogP contribution in [0.2, 0.25) is 0 Å². The first kappa shape index (κ1) is 20.8. The Bertz CT molecular complexity index is 822. The van der Waals surface area contributed by atoms with E-state index in [-0.39, 0.29) is 17.5 Å². The molecule has 0 aliphatic carbocycles. The number of ether oxygens (including phenoxy) is 1. The Hall–Kier alpha value is -2.47. The fraction of sp³-hybridized carbons (Fsp3) is 0.263. The van der Waals surface area contributed by atoms with E-state index >= 15 is 0 Å². The van der Waals surface area contributed by atoms with Crippen LogP contribution in [0.3, 0.4) is 0 Å². The summed E-state index contributed by atoms with van der Waals surface area (Å²) >= 11 is 0. The van der Waals surface area contributed by atoms with Gasteiger partial charge in [-0.25, -0.2) is 4.57 Å². The van der Waals surface area contributed by atoms with E-state index in [0.29, 0.717) is 23.3 Å². The van der Waals surface area contributed by atoms with Gasteiger partial charge in [0, 0.05) is 17.5 Å². The Balaban J connectivity index is 1.98. The lowest BCUT2D eigenvalue weighted by Crippen LogP contribution is -2.08. The maximum atomic E-state index is 12.4. The molecule has 144 valence electrons. The zero-order valence-corrected chi connectivity index (χ0v) is 15.7. The molecule has 27 heavy (non-hydrogen) atoms. The molecule has 0 spiro atoms. The third kappa shape index (κ3) is 6.98. The fourth-order valence-electron chi connectivity index (χ4n) is 2.35. The van der Waals surface area contributed by atoms with E-state index in [0.717, 1.165) is 19.3 Å². The van der Waals surface area contributed by atoms with Gasteiger partial charge in [0.1, 0.15) is 11.5 Å². The summed E-state index contributed by atoms with van der Waals surface area (Å²) < 4.78 is 20.5. The van der Waals surface area contributed by atoms with Gasteiger partial charge in [-0.05, 0) is 55.0 Å². The van der Waals surface area contributed by atoms with Crippen LogP contribution in [0.25, 0.3) is 0 Å². The molecule has 0 aromatic heterocycles. The highest BCUT2D eigenvalue weighted by atomic mass is 31.2. The monoisotopic (exact) mass is 392 g/mol. The van der Waals surface area contributed by atoms with Crippen LogP contribution in [0, 0.1) is 0 Å². The lowest BCUT2D eigenvalue weighted by atomic mass is 10.0. The Labute approximate surface area is 157 Å². The Morgan fingerprint density at radius 3 is 1.89 bits per heavy atom. The zero-order valence-electron chi connectivity index (χ0n) is 14.8. The summed E-state index contributed by atoms with van der Waals surface area (Å²) in [6.07, 6.45) is 3.14. The molecule has 0 heterocycles. The van der Waals surface area contributed by atoms with Crippen LogP contribution >= 0.6 is 7.82 Å². The van der Waals surface area contributed by atoms with Crippen LogP contribution in [0.15, 0.2) is 48.5 Å². The second-order valence-corrected chi connectivity index (χ2v) is 7.05. The maximum absolute atomic E-state index is 12.4. The lowest BCUT2D eigenvalue weighted by molar-refractivity contribution is -0.134. The number of phosphoric acid groups is 1. The molecule has 2 N–H and O–H groups in total. The maximum Gasteiger partial charge on any atom is 0.524 e. The van der Waals surface area contributed by atoms with Crippen LogP contribution in [0.4, 0.5) is 0 Å². The van der Waals surface area contributed by atoms with Crippen LogP contribution < -0.4 is 9.26 Å². The Morgan fingerprint density at radius 1 is 0.889 bits per heavy atom. The number of esters is 1. The first-order valence-corrected chi connectivity index (χ1v) is 10.0. The fourth-order valence-corrected chi connectivity index (χ4v) is 2.74. The van der Waals surface area contributed by atoms with Gasteiger partial charge in [-0.15, -0.1) is 0 Å². The summed E-state index contributed by atoms with van der Waals surface area (Å²) in [6, 6.07) is 11.6. The van der Waals surface area contributed by atoms with Gasteiger partial charge in [0.25, 0.3) is 0 Å². The first-order chi connectivity index (χ1) is 12.8. The number of hydrogen-bond acceptors (Lipinski definition) is 5. The van der Waals surface area contributed by atoms with Gasteiger partial charge in [-0.3, -0.25) is 19.4 Å². The summed E-state index contributed by atoms with van der Waals surface area (Å²) in [5.41, 5.74) is 0.724. The molecular weight excluding hydrogens is 371 g/mol. The first-order valence-electron chi connectivity index (χ1n) is 8.49. The molecule has 8 heteroatoms. The molecule has 0 atom stereocenters. The summed E-state index contributed by atoms with van der Waals surface area (Å²) in [6.45, 7) is 2.05. The summed E-state index contributed by atoms with van der Waals surface area (Å²) in [4.78, 5) is 41.7. The largest absolute Gasteiger partial charge is 0.524 e.